The van der Waals surface area contributed by atoms with Gasteiger partial charge in [-0.2, -0.15) is 0 Å². The van der Waals surface area contributed by atoms with Crippen LogP contribution in [0.15, 0.2) is 0 Å². The molecule has 1 fully saturated rings. The minimum atomic E-state index is -5.45. The highest BCUT2D eigenvalue weighted by Crippen LogP contribution is 2.67. The van der Waals surface area contributed by atoms with Crippen LogP contribution >= 0.6 is 15.2 Å². The molecule has 0 aliphatic carbocycles. The molecular weight excluding hydrogens is 316 g/mol. The molecule has 0 amide bonds. The molecule has 1 aliphatic rings. The zero-order valence-corrected chi connectivity index (χ0v) is 12.4. The minimum absolute atomic E-state index is 0.0255. The molecule has 1 aliphatic heterocycles. The maximum Gasteiger partial charge on any atom is 0.371 e. The molecule has 0 aromatic rings. The van der Waals surface area contributed by atoms with Gasteiger partial charge < -0.3 is 34.2 Å². The Kier molecular flexibility index (Phi) is 6.31. The Bertz CT molecular complexity index is 377. The van der Waals surface area contributed by atoms with Gasteiger partial charge in [0.15, 0.2) is 0 Å². The predicted molar refractivity (Wildman–Crippen MR) is 67.1 cm³/mol. The second-order valence-electron chi connectivity index (χ2n) is 4.37. The number of morpholine rings is 1. The van der Waals surface area contributed by atoms with E-state index in [1.807, 2.05) is 4.90 Å². The topological polar surface area (TPSA) is 157 Å². The highest BCUT2D eigenvalue weighted by molar-refractivity contribution is 7.72. The Balaban J connectivity index is 2.48. The van der Waals surface area contributed by atoms with E-state index in [-0.39, 0.29) is 6.61 Å². The first-order valence-corrected chi connectivity index (χ1v) is 9.02. The summed E-state index contributed by atoms with van der Waals surface area (Å²) in [6, 6.07) is 0. The van der Waals surface area contributed by atoms with Crippen molar-refractivity contribution < 1.29 is 43.3 Å². The molecular formula is C8H19NO9P2. The number of nitrogens with zero attached hydrogens (tertiary/aromatic N) is 1. The van der Waals surface area contributed by atoms with E-state index in [1.54, 1.807) is 0 Å². The van der Waals surface area contributed by atoms with Gasteiger partial charge in [0.1, 0.15) is 0 Å². The zero-order valence-electron chi connectivity index (χ0n) is 10.7. The summed E-state index contributed by atoms with van der Waals surface area (Å²) in [6.07, 6.45) is 0. The third kappa shape index (κ3) is 4.57. The summed E-state index contributed by atoms with van der Waals surface area (Å²) in [5.74, 6) is 0. The van der Waals surface area contributed by atoms with Crippen molar-refractivity contribution in [1.29, 1.82) is 0 Å². The van der Waals surface area contributed by atoms with Crippen LogP contribution < -0.4 is 0 Å². The Morgan fingerprint density at radius 2 is 1.60 bits per heavy atom. The van der Waals surface area contributed by atoms with Crippen LogP contribution in [0.5, 0.6) is 0 Å². The lowest BCUT2D eigenvalue weighted by Crippen LogP contribution is -2.39. The first-order valence-electron chi connectivity index (χ1n) is 5.79. The first-order chi connectivity index (χ1) is 9.08. The standard InChI is InChI=1S/C8H19NO9P2/c10-8(19(11,12)13,20(14,15)16)7-18-6-3-9-1-4-17-5-2-9/h10H,1-7H2,(H2,11,12,13)(H2,14,15,16). The van der Waals surface area contributed by atoms with Gasteiger partial charge in [-0.15, -0.1) is 0 Å². The van der Waals surface area contributed by atoms with E-state index in [9.17, 15) is 14.2 Å². The van der Waals surface area contributed by atoms with Gasteiger partial charge in [-0.3, -0.25) is 14.0 Å². The summed E-state index contributed by atoms with van der Waals surface area (Å²) in [6.45, 7) is 1.70. The van der Waals surface area contributed by atoms with Crippen LogP contribution in [0, 0.1) is 0 Å². The lowest BCUT2D eigenvalue weighted by atomic mass is 10.4. The molecule has 12 heteroatoms. The Labute approximate surface area is 115 Å². The van der Waals surface area contributed by atoms with E-state index in [0.717, 1.165) is 0 Å². The summed E-state index contributed by atoms with van der Waals surface area (Å²) in [5, 5.41) is 6.03. The summed E-state index contributed by atoms with van der Waals surface area (Å²) in [7, 11) is -10.9. The van der Waals surface area contributed by atoms with Crippen molar-refractivity contribution in [2.24, 2.45) is 0 Å². The van der Waals surface area contributed by atoms with E-state index >= 15 is 0 Å². The van der Waals surface area contributed by atoms with Crippen molar-refractivity contribution in [2.45, 2.75) is 5.08 Å². The van der Waals surface area contributed by atoms with Crippen LogP contribution in [-0.2, 0) is 18.6 Å². The monoisotopic (exact) mass is 335 g/mol. The van der Waals surface area contributed by atoms with Crippen molar-refractivity contribution in [3.05, 3.63) is 0 Å². The van der Waals surface area contributed by atoms with Gasteiger partial charge in [0.05, 0.1) is 26.4 Å². The van der Waals surface area contributed by atoms with Crippen LogP contribution in [0.2, 0.25) is 0 Å². The smallest absolute Gasteiger partial charge is 0.371 e. The molecule has 1 rings (SSSR count). The third-order valence-corrected chi connectivity index (χ3v) is 6.57. The number of aliphatic hydroxyl groups is 1. The first kappa shape index (κ1) is 18.2. The molecule has 0 aromatic heterocycles. The van der Waals surface area contributed by atoms with E-state index in [0.29, 0.717) is 32.8 Å². The molecule has 0 bridgehead atoms. The van der Waals surface area contributed by atoms with Crippen molar-refractivity contribution in [2.75, 3.05) is 46.1 Å². The van der Waals surface area contributed by atoms with Crippen molar-refractivity contribution in [3.63, 3.8) is 0 Å². The fourth-order valence-electron chi connectivity index (χ4n) is 1.57. The van der Waals surface area contributed by atoms with Gasteiger partial charge in [0.2, 0.25) is 0 Å². The maximum atomic E-state index is 11.0. The van der Waals surface area contributed by atoms with Gasteiger partial charge in [-0.1, -0.05) is 0 Å². The van der Waals surface area contributed by atoms with Gasteiger partial charge in [-0.05, 0) is 0 Å². The summed E-state index contributed by atoms with van der Waals surface area (Å²) >= 11 is 0. The maximum absolute atomic E-state index is 11.0. The molecule has 0 aromatic carbocycles. The molecule has 120 valence electrons. The SMILES string of the molecule is O=P(O)(O)C(O)(COCCN1CCOCC1)P(=O)(O)O. The lowest BCUT2D eigenvalue weighted by Gasteiger charge is -2.30. The molecule has 0 radical (unpaired) electrons. The molecule has 20 heavy (non-hydrogen) atoms. The second-order valence-corrected chi connectivity index (χ2v) is 8.38. The van der Waals surface area contributed by atoms with E-state index < -0.39 is 26.9 Å². The Hall–Kier alpha value is 0.140. The van der Waals surface area contributed by atoms with E-state index in [4.69, 9.17) is 29.0 Å². The van der Waals surface area contributed by atoms with Crippen LogP contribution in [0.4, 0.5) is 0 Å². The number of hydrogen-bond donors (Lipinski definition) is 5. The molecule has 1 heterocycles. The number of rotatable bonds is 7. The fourth-order valence-corrected chi connectivity index (χ4v) is 3.44. The highest BCUT2D eigenvalue weighted by Gasteiger charge is 2.59. The number of hydrogen-bond acceptors (Lipinski definition) is 6. The van der Waals surface area contributed by atoms with Crippen LogP contribution in [-0.4, -0.2) is 80.7 Å². The summed E-state index contributed by atoms with van der Waals surface area (Å²) in [5.41, 5.74) is 0. The van der Waals surface area contributed by atoms with E-state index in [2.05, 4.69) is 0 Å². The van der Waals surface area contributed by atoms with Gasteiger partial charge >= 0.3 is 15.2 Å². The zero-order chi connectivity index (χ0) is 15.4. The number of ether oxygens (including phenoxy) is 2. The van der Waals surface area contributed by atoms with Gasteiger partial charge in [0, 0.05) is 19.6 Å². The summed E-state index contributed by atoms with van der Waals surface area (Å²) in [4.78, 5) is 37.5. The molecule has 1 saturated heterocycles. The fraction of sp³-hybridized carbons (Fsp3) is 1.00. The normalized spacial score (nSPS) is 19.2. The van der Waals surface area contributed by atoms with Crippen molar-refractivity contribution >= 4 is 15.2 Å². The predicted octanol–water partition coefficient (Wildman–Crippen LogP) is -1.66. The second kappa shape index (κ2) is 6.93. The lowest BCUT2D eigenvalue weighted by molar-refractivity contribution is -0.00270. The third-order valence-electron chi connectivity index (χ3n) is 2.88. The summed E-state index contributed by atoms with van der Waals surface area (Å²) < 4.78 is 32.0. The molecule has 0 spiro atoms. The highest BCUT2D eigenvalue weighted by atomic mass is 31.2. The molecule has 0 atom stereocenters. The van der Waals surface area contributed by atoms with E-state index in [1.165, 1.54) is 0 Å². The van der Waals surface area contributed by atoms with Gasteiger partial charge in [0.25, 0.3) is 5.08 Å². The van der Waals surface area contributed by atoms with Crippen molar-refractivity contribution in [1.82, 2.24) is 4.90 Å². The molecule has 10 nitrogen and oxygen atoms in total. The van der Waals surface area contributed by atoms with Crippen LogP contribution in [0.25, 0.3) is 0 Å². The van der Waals surface area contributed by atoms with Crippen molar-refractivity contribution in [3.8, 4) is 0 Å². The Morgan fingerprint density at radius 1 is 1.10 bits per heavy atom. The van der Waals surface area contributed by atoms with Gasteiger partial charge in [-0.25, -0.2) is 0 Å². The average Bonchev–Trinajstić information content (AvgIpc) is 2.33. The largest absolute Gasteiger partial charge is 0.379 e. The van der Waals surface area contributed by atoms with Crippen LogP contribution in [0.3, 0.4) is 0 Å². The minimum Gasteiger partial charge on any atom is -0.379 e. The van der Waals surface area contributed by atoms with Crippen LogP contribution in [0.1, 0.15) is 0 Å². The molecule has 0 unspecified atom stereocenters. The quantitative estimate of drug-likeness (QED) is 0.269. The molecule has 5 N–H and O–H groups in total. The average molecular weight is 335 g/mol. The Morgan fingerprint density at radius 3 is 2.05 bits per heavy atom. The molecule has 0 saturated carbocycles.